The van der Waals surface area contributed by atoms with Gasteiger partial charge in [0, 0.05) is 10.8 Å². The first-order valence-electron chi connectivity index (χ1n) is 11.9. The molecule has 3 aromatic rings. The number of nitrogens with zero attached hydrogens (tertiary/aromatic N) is 6. The van der Waals surface area contributed by atoms with Crippen molar-refractivity contribution in [2.24, 2.45) is 0 Å². The predicted molar refractivity (Wildman–Crippen MR) is 135 cm³/mol. The summed E-state index contributed by atoms with van der Waals surface area (Å²) in [6.07, 6.45) is -8.73. The molecule has 23 heteroatoms. The number of phosphoric ester groups is 1. The van der Waals surface area contributed by atoms with Crippen LogP contribution in [0.5, 0.6) is 0 Å². The van der Waals surface area contributed by atoms with E-state index in [0.29, 0.717) is 0 Å². The van der Waals surface area contributed by atoms with E-state index in [2.05, 4.69) is 24.5 Å². The standard InChI is InChI=1S/C19H24N8O13P2/c20-9-1-2-26(19(31)25-9)18-13(30)14(8(39-18)3-36-41(32)33)40-42(34,35)37-4-7-11(28)12(29)17(38-7)27-6-24-10-15(21)22-5-23-16(10)27/h1-2,5-8,11-14,17-18,28-30H,3-4H2,(H5-,20,21,22,23,25,31,32,33,34,35)/p+1/t7-,8-,11-,12-,13-,14-,17-,18-/m1/s1. The van der Waals surface area contributed by atoms with E-state index in [0.717, 1.165) is 17.1 Å². The zero-order valence-electron chi connectivity index (χ0n) is 21.1. The lowest BCUT2D eigenvalue weighted by Gasteiger charge is -2.23. The molecule has 0 aromatic carbocycles. The summed E-state index contributed by atoms with van der Waals surface area (Å²) in [7, 11) is -8.24. The van der Waals surface area contributed by atoms with Crippen molar-refractivity contribution in [3.05, 3.63) is 35.4 Å². The summed E-state index contributed by atoms with van der Waals surface area (Å²) in [4.78, 5) is 47.1. The molecular formula is C19H25N8O13P2+. The molecule has 2 aliphatic rings. The number of nitrogens with two attached hydrogens (primary N) is 2. The summed E-state index contributed by atoms with van der Waals surface area (Å²) in [6, 6.07) is 1.23. The van der Waals surface area contributed by atoms with Crippen molar-refractivity contribution in [2.45, 2.75) is 49.1 Å². The van der Waals surface area contributed by atoms with Crippen LogP contribution < -0.4 is 17.2 Å². The maximum atomic E-state index is 12.9. The van der Waals surface area contributed by atoms with Crippen LogP contribution in [0.25, 0.3) is 11.2 Å². The Hall–Kier alpha value is -3.04. The first-order chi connectivity index (χ1) is 19.9. The molecule has 42 heavy (non-hydrogen) atoms. The number of aliphatic hydroxyl groups excluding tert-OH is 3. The number of phosphoric acid groups is 1. The SMILES string of the molecule is Nc1ccn([C@@H]2O[C@H](CO[P+](=O)O)[C@@H](OP(=O)(O)OC[C@H]3O[C@@H](n4cnc5c(N)ncnc54)[C@H](O)[C@@H]3O)[C@H]2O)c(=O)n1. The van der Waals surface area contributed by atoms with Gasteiger partial charge in [0.05, 0.1) is 12.9 Å². The lowest BCUT2D eigenvalue weighted by Crippen LogP contribution is -2.38. The second-order valence-corrected chi connectivity index (χ2v) is 11.2. The number of aliphatic hydroxyl groups is 3. The molecule has 9 N–H and O–H groups in total. The Morgan fingerprint density at radius 2 is 1.74 bits per heavy atom. The van der Waals surface area contributed by atoms with Crippen LogP contribution in [-0.4, -0.2) is 104 Å². The van der Waals surface area contributed by atoms with E-state index in [1.807, 2.05) is 0 Å². The zero-order chi connectivity index (χ0) is 30.3. The second kappa shape index (κ2) is 11.9. The van der Waals surface area contributed by atoms with E-state index in [-0.39, 0.29) is 22.8 Å². The highest BCUT2D eigenvalue weighted by Crippen LogP contribution is 2.49. The van der Waals surface area contributed by atoms with E-state index in [4.69, 9.17) is 34.9 Å². The normalized spacial score (nSPS) is 31.4. The Labute approximate surface area is 234 Å². The quantitative estimate of drug-likeness (QED) is 0.111. The van der Waals surface area contributed by atoms with Gasteiger partial charge in [-0.25, -0.2) is 24.3 Å². The summed E-state index contributed by atoms with van der Waals surface area (Å²) < 4.78 is 51.9. The average molecular weight is 635 g/mol. The number of hydrogen-bond donors (Lipinski definition) is 7. The van der Waals surface area contributed by atoms with Gasteiger partial charge in [-0.2, -0.15) is 4.98 Å². The van der Waals surface area contributed by atoms with E-state index in [1.54, 1.807) is 0 Å². The minimum absolute atomic E-state index is 0.0671. The Kier molecular flexibility index (Phi) is 8.63. The first-order valence-corrected chi connectivity index (χ1v) is 14.6. The van der Waals surface area contributed by atoms with Gasteiger partial charge in [0.25, 0.3) is 0 Å². The molecule has 0 aliphatic carbocycles. The monoisotopic (exact) mass is 635 g/mol. The van der Waals surface area contributed by atoms with Crippen molar-refractivity contribution >= 4 is 38.9 Å². The van der Waals surface area contributed by atoms with Crippen molar-refractivity contribution in [1.29, 1.82) is 0 Å². The fourth-order valence-corrected chi connectivity index (χ4v) is 5.71. The molecule has 0 amide bonds. The highest BCUT2D eigenvalue weighted by Gasteiger charge is 2.51. The molecule has 3 aromatic heterocycles. The molecule has 2 fully saturated rings. The van der Waals surface area contributed by atoms with Gasteiger partial charge in [0.1, 0.15) is 60.9 Å². The molecule has 0 spiro atoms. The van der Waals surface area contributed by atoms with Crippen molar-refractivity contribution in [2.75, 3.05) is 24.7 Å². The maximum absolute atomic E-state index is 12.9. The molecule has 2 saturated heterocycles. The van der Waals surface area contributed by atoms with Gasteiger partial charge in [-0.1, -0.05) is 0 Å². The van der Waals surface area contributed by atoms with Gasteiger partial charge >= 0.3 is 21.8 Å². The maximum Gasteiger partial charge on any atom is 0.694 e. The Morgan fingerprint density at radius 3 is 2.45 bits per heavy atom. The first kappa shape index (κ1) is 30.4. The van der Waals surface area contributed by atoms with Crippen molar-refractivity contribution in [3.8, 4) is 0 Å². The molecule has 5 heterocycles. The van der Waals surface area contributed by atoms with Gasteiger partial charge in [-0.05, 0) is 6.07 Å². The number of fused-ring (bicyclic) bond motifs is 1. The number of anilines is 2. The largest absolute Gasteiger partial charge is 0.694 e. The number of hydrogen-bond acceptors (Lipinski definition) is 17. The second-order valence-electron chi connectivity index (χ2n) is 9.10. The van der Waals surface area contributed by atoms with Crippen molar-refractivity contribution in [1.82, 2.24) is 29.1 Å². The average Bonchev–Trinajstić information content (AvgIpc) is 3.57. The number of aromatic nitrogens is 6. The number of imidazole rings is 1. The summed E-state index contributed by atoms with van der Waals surface area (Å²) in [5.41, 5.74) is 10.7. The molecule has 21 nitrogen and oxygen atoms in total. The van der Waals surface area contributed by atoms with Crippen molar-refractivity contribution in [3.63, 3.8) is 0 Å². The lowest BCUT2D eigenvalue weighted by atomic mass is 10.1. The van der Waals surface area contributed by atoms with E-state index >= 15 is 0 Å². The Balaban J connectivity index is 1.28. The number of nitrogen functional groups attached to an aromatic ring is 2. The van der Waals surface area contributed by atoms with E-state index < -0.39 is 84.1 Å². The van der Waals surface area contributed by atoms with Crippen LogP contribution >= 0.6 is 16.1 Å². The zero-order valence-corrected chi connectivity index (χ0v) is 22.9. The molecule has 5 rings (SSSR count). The number of rotatable bonds is 10. The van der Waals surface area contributed by atoms with E-state index in [1.165, 1.54) is 17.0 Å². The third-order valence-electron chi connectivity index (χ3n) is 6.44. The third kappa shape index (κ3) is 6.04. The molecule has 0 bridgehead atoms. The highest BCUT2D eigenvalue weighted by molar-refractivity contribution is 7.47. The van der Waals surface area contributed by atoms with Crippen LogP contribution in [0.15, 0.2) is 29.7 Å². The van der Waals surface area contributed by atoms with Gasteiger partial charge < -0.3 is 41.2 Å². The van der Waals surface area contributed by atoms with Crippen LogP contribution in [0.3, 0.4) is 0 Å². The smallest absolute Gasteiger partial charge is 0.387 e. The van der Waals surface area contributed by atoms with Crippen molar-refractivity contribution < 1.29 is 57.3 Å². The van der Waals surface area contributed by atoms with Gasteiger partial charge in [0.2, 0.25) is 0 Å². The van der Waals surface area contributed by atoms with Gasteiger partial charge in [0.15, 0.2) is 23.9 Å². The Morgan fingerprint density at radius 1 is 1.02 bits per heavy atom. The number of ether oxygens (including phenoxy) is 2. The molecule has 10 atom stereocenters. The fourth-order valence-electron chi connectivity index (χ4n) is 4.48. The molecule has 2 unspecified atom stereocenters. The summed E-state index contributed by atoms with van der Waals surface area (Å²) in [5.74, 6) is -0.0540. The molecule has 2 aliphatic heterocycles. The van der Waals surface area contributed by atoms with Crippen LogP contribution in [0.4, 0.5) is 11.6 Å². The summed E-state index contributed by atoms with van der Waals surface area (Å²) in [6.45, 7) is -1.49. The minimum atomic E-state index is -5.11. The van der Waals surface area contributed by atoms with Crippen LogP contribution in [0.2, 0.25) is 0 Å². The molecule has 228 valence electrons. The van der Waals surface area contributed by atoms with Gasteiger partial charge in [-0.15, -0.1) is 9.42 Å². The minimum Gasteiger partial charge on any atom is -0.387 e. The highest BCUT2D eigenvalue weighted by atomic mass is 31.2. The van der Waals surface area contributed by atoms with Crippen LogP contribution in [0.1, 0.15) is 12.5 Å². The lowest BCUT2D eigenvalue weighted by molar-refractivity contribution is -0.0578. The molecule has 0 saturated carbocycles. The Bertz CT molecular complexity index is 1570. The van der Waals surface area contributed by atoms with Crippen LogP contribution in [0, 0.1) is 0 Å². The fraction of sp³-hybridized carbons (Fsp3) is 0.526. The predicted octanol–water partition coefficient (Wildman–Crippen LogP) is -2.71. The van der Waals surface area contributed by atoms with Gasteiger partial charge in [-0.3, -0.25) is 18.2 Å². The summed E-state index contributed by atoms with van der Waals surface area (Å²) in [5, 5.41) is 31.9. The summed E-state index contributed by atoms with van der Waals surface area (Å²) >= 11 is 0. The third-order valence-corrected chi connectivity index (χ3v) is 7.79. The molecular weight excluding hydrogens is 610 g/mol. The molecule has 0 radical (unpaired) electrons. The van der Waals surface area contributed by atoms with Crippen LogP contribution in [-0.2, 0) is 32.2 Å². The topological polar surface area (TPSA) is 312 Å². The van der Waals surface area contributed by atoms with E-state index in [9.17, 15) is 34.1 Å².